The molecule has 106 valence electrons. The number of nitrogens with zero attached hydrogens (tertiary/aromatic N) is 1. The molecule has 0 bridgehead atoms. The highest BCUT2D eigenvalue weighted by atomic mass is 32.1. The number of carbonyl (C=O) groups is 1. The van der Waals surface area contributed by atoms with Crippen LogP contribution in [-0.4, -0.2) is 36.7 Å². The molecule has 1 aliphatic rings. The Morgan fingerprint density at radius 1 is 1.63 bits per heavy atom. The fourth-order valence-electron chi connectivity index (χ4n) is 2.27. The molecule has 3 N–H and O–H groups in total. The summed E-state index contributed by atoms with van der Waals surface area (Å²) < 4.78 is 5.33. The van der Waals surface area contributed by atoms with Gasteiger partial charge in [-0.05, 0) is 32.2 Å². The first-order valence-corrected chi connectivity index (χ1v) is 7.61. The molecule has 2 heterocycles. The molecule has 0 aromatic carbocycles. The number of thiazole rings is 1. The summed E-state index contributed by atoms with van der Waals surface area (Å²) in [5.74, 6) is 0.415. The lowest BCUT2D eigenvalue weighted by Crippen LogP contribution is -2.40. The van der Waals surface area contributed by atoms with Crippen LogP contribution in [0.15, 0.2) is 5.38 Å². The lowest BCUT2D eigenvalue weighted by atomic mass is 9.93. The van der Waals surface area contributed by atoms with E-state index >= 15 is 0 Å². The Hall–Kier alpha value is -0.980. The van der Waals surface area contributed by atoms with Crippen molar-refractivity contribution in [3.63, 3.8) is 0 Å². The zero-order chi connectivity index (χ0) is 13.7. The number of hydrogen-bond donors (Lipinski definition) is 2. The third-order valence-corrected chi connectivity index (χ3v) is 4.38. The maximum atomic E-state index is 12.1. The van der Waals surface area contributed by atoms with Crippen LogP contribution in [0.25, 0.3) is 0 Å². The first kappa shape index (κ1) is 14.4. The predicted molar refractivity (Wildman–Crippen MR) is 75.3 cm³/mol. The van der Waals surface area contributed by atoms with E-state index in [1.807, 2.05) is 0 Å². The first-order valence-electron chi connectivity index (χ1n) is 6.73. The number of rotatable bonds is 5. The molecule has 0 saturated carbocycles. The molecular formula is C13H21N3O2S. The van der Waals surface area contributed by atoms with Crippen molar-refractivity contribution in [2.45, 2.75) is 32.2 Å². The van der Waals surface area contributed by atoms with Crippen molar-refractivity contribution in [2.24, 2.45) is 11.7 Å². The Kier molecular flexibility index (Phi) is 5.30. The van der Waals surface area contributed by atoms with Crippen molar-refractivity contribution in [2.75, 3.05) is 19.8 Å². The summed E-state index contributed by atoms with van der Waals surface area (Å²) in [6, 6.07) is 0.163. The Bertz CT molecular complexity index is 416. The van der Waals surface area contributed by atoms with Gasteiger partial charge in [0.2, 0.25) is 0 Å². The van der Waals surface area contributed by atoms with E-state index in [0.29, 0.717) is 18.2 Å². The van der Waals surface area contributed by atoms with Crippen LogP contribution in [0, 0.1) is 5.92 Å². The number of nitrogens with one attached hydrogen (secondary N) is 1. The van der Waals surface area contributed by atoms with Crippen LogP contribution in [0.1, 0.15) is 35.3 Å². The lowest BCUT2D eigenvalue weighted by molar-refractivity contribution is 0.0537. The van der Waals surface area contributed by atoms with E-state index in [4.69, 9.17) is 10.5 Å². The second-order valence-electron chi connectivity index (χ2n) is 4.88. The third-order valence-electron chi connectivity index (χ3n) is 3.47. The van der Waals surface area contributed by atoms with Gasteiger partial charge in [-0.1, -0.05) is 0 Å². The number of carbonyl (C=O) groups excluding carboxylic acids is 1. The summed E-state index contributed by atoms with van der Waals surface area (Å²) in [7, 11) is 0. The monoisotopic (exact) mass is 283 g/mol. The van der Waals surface area contributed by atoms with Gasteiger partial charge in [-0.25, -0.2) is 4.98 Å². The maximum Gasteiger partial charge on any atom is 0.270 e. The van der Waals surface area contributed by atoms with E-state index in [2.05, 4.69) is 17.2 Å². The van der Waals surface area contributed by atoms with Crippen LogP contribution >= 0.6 is 11.3 Å². The van der Waals surface area contributed by atoms with E-state index in [1.165, 1.54) is 11.3 Å². The van der Waals surface area contributed by atoms with Gasteiger partial charge in [0.05, 0.1) is 5.01 Å². The van der Waals surface area contributed by atoms with Crippen molar-refractivity contribution >= 4 is 17.2 Å². The van der Waals surface area contributed by atoms with Gasteiger partial charge in [0.25, 0.3) is 5.91 Å². The summed E-state index contributed by atoms with van der Waals surface area (Å²) in [5, 5.41) is 5.76. The van der Waals surface area contributed by atoms with Crippen LogP contribution in [-0.2, 0) is 11.2 Å². The fraction of sp³-hybridized carbons (Fsp3) is 0.692. The molecule has 1 aromatic heterocycles. The van der Waals surface area contributed by atoms with Crippen LogP contribution in [0.3, 0.4) is 0 Å². The van der Waals surface area contributed by atoms with Crippen LogP contribution in [0.4, 0.5) is 0 Å². The molecule has 1 atom stereocenters. The van der Waals surface area contributed by atoms with Gasteiger partial charge in [0.1, 0.15) is 5.69 Å². The lowest BCUT2D eigenvalue weighted by Gasteiger charge is -2.28. The summed E-state index contributed by atoms with van der Waals surface area (Å²) in [5.41, 5.74) is 5.99. The van der Waals surface area contributed by atoms with E-state index < -0.39 is 0 Å². The van der Waals surface area contributed by atoms with Crippen molar-refractivity contribution in [3.05, 3.63) is 16.1 Å². The molecule has 1 fully saturated rings. The van der Waals surface area contributed by atoms with Gasteiger partial charge in [0, 0.05) is 31.1 Å². The van der Waals surface area contributed by atoms with Crippen molar-refractivity contribution < 1.29 is 9.53 Å². The highest BCUT2D eigenvalue weighted by molar-refractivity contribution is 7.09. The largest absolute Gasteiger partial charge is 0.381 e. The summed E-state index contributed by atoms with van der Waals surface area (Å²) in [6.07, 6.45) is 2.75. The second kappa shape index (κ2) is 6.98. The fourth-order valence-corrected chi connectivity index (χ4v) is 3.06. The standard InChI is InChI=1S/C13H21N3O2S/c1-9(10-3-6-18-7-4-10)15-13(17)11-8-19-12(16-11)2-5-14/h8-10H,2-7,14H2,1H3,(H,15,17). The van der Waals surface area contributed by atoms with Gasteiger partial charge >= 0.3 is 0 Å². The number of nitrogens with two attached hydrogens (primary N) is 1. The van der Waals surface area contributed by atoms with Crippen molar-refractivity contribution in [1.82, 2.24) is 10.3 Å². The molecule has 1 saturated heterocycles. The molecule has 0 aliphatic carbocycles. The average Bonchev–Trinajstić information content (AvgIpc) is 2.89. The molecule has 19 heavy (non-hydrogen) atoms. The second-order valence-corrected chi connectivity index (χ2v) is 5.82. The molecule has 0 radical (unpaired) electrons. The van der Waals surface area contributed by atoms with Gasteiger partial charge in [-0.15, -0.1) is 11.3 Å². The Morgan fingerprint density at radius 2 is 2.37 bits per heavy atom. The average molecular weight is 283 g/mol. The number of ether oxygens (including phenoxy) is 1. The molecule has 6 heteroatoms. The van der Waals surface area contributed by atoms with Gasteiger partial charge in [0.15, 0.2) is 0 Å². The molecular weight excluding hydrogens is 262 g/mol. The SMILES string of the molecule is CC(NC(=O)c1csc(CCN)n1)C1CCOCC1. The molecule has 1 aliphatic heterocycles. The van der Waals surface area contributed by atoms with Gasteiger partial charge < -0.3 is 15.8 Å². The van der Waals surface area contributed by atoms with E-state index in [-0.39, 0.29) is 11.9 Å². The quantitative estimate of drug-likeness (QED) is 0.851. The summed E-state index contributed by atoms with van der Waals surface area (Å²) in [4.78, 5) is 16.4. The van der Waals surface area contributed by atoms with E-state index in [9.17, 15) is 4.79 Å². The smallest absolute Gasteiger partial charge is 0.270 e. The van der Waals surface area contributed by atoms with Gasteiger partial charge in [-0.3, -0.25) is 4.79 Å². The molecule has 1 amide bonds. The Morgan fingerprint density at radius 3 is 3.05 bits per heavy atom. The number of amides is 1. The van der Waals surface area contributed by atoms with E-state index in [0.717, 1.165) is 37.5 Å². The van der Waals surface area contributed by atoms with E-state index in [1.54, 1.807) is 5.38 Å². The normalized spacial score (nSPS) is 18.2. The minimum Gasteiger partial charge on any atom is -0.381 e. The van der Waals surface area contributed by atoms with Crippen molar-refractivity contribution in [1.29, 1.82) is 0 Å². The number of hydrogen-bond acceptors (Lipinski definition) is 5. The zero-order valence-corrected chi connectivity index (χ0v) is 12.0. The number of aromatic nitrogens is 1. The summed E-state index contributed by atoms with van der Waals surface area (Å²) >= 11 is 1.49. The topological polar surface area (TPSA) is 77.2 Å². The molecule has 2 rings (SSSR count). The minimum absolute atomic E-state index is 0.0847. The predicted octanol–water partition coefficient (Wildman–Crippen LogP) is 1.19. The summed E-state index contributed by atoms with van der Waals surface area (Å²) in [6.45, 7) is 4.21. The highest BCUT2D eigenvalue weighted by Crippen LogP contribution is 2.19. The minimum atomic E-state index is -0.0847. The van der Waals surface area contributed by atoms with Crippen LogP contribution in [0.2, 0.25) is 0 Å². The molecule has 5 nitrogen and oxygen atoms in total. The van der Waals surface area contributed by atoms with Gasteiger partial charge in [-0.2, -0.15) is 0 Å². The maximum absolute atomic E-state index is 12.1. The first-order chi connectivity index (χ1) is 9.20. The van der Waals surface area contributed by atoms with Crippen LogP contribution in [0.5, 0.6) is 0 Å². The Balaban J connectivity index is 1.88. The highest BCUT2D eigenvalue weighted by Gasteiger charge is 2.23. The zero-order valence-electron chi connectivity index (χ0n) is 11.2. The molecule has 1 aromatic rings. The third kappa shape index (κ3) is 3.99. The Labute approximate surface area is 117 Å². The molecule has 0 spiro atoms. The van der Waals surface area contributed by atoms with Crippen LogP contribution < -0.4 is 11.1 Å². The van der Waals surface area contributed by atoms with Crippen molar-refractivity contribution in [3.8, 4) is 0 Å². The molecule has 1 unspecified atom stereocenters.